The van der Waals surface area contributed by atoms with Crippen molar-refractivity contribution in [2.45, 2.75) is 18.1 Å². The second-order valence-electron chi connectivity index (χ2n) is 6.13. The Morgan fingerprint density at radius 1 is 1.25 bits per heavy atom. The van der Waals surface area contributed by atoms with Crippen LogP contribution in [0.3, 0.4) is 0 Å². The van der Waals surface area contributed by atoms with Crippen LogP contribution in [0.2, 0.25) is 0 Å². The minimum atomic E-state index is -0.106. The summed E-state index contributed by atoms with van der Waals surface area (Å²) in [6.07, 6.45) is 7.80. The molecule has 24 heavy (non-hydrogen) atoms. The van der Waals surface area contributed by atoms with E-state index in [-0.39, 0.29) is 5.25 Å². The molecule has 4 heteroatoms. The lowest BCUT2D eigenvalue weighted by molar-refractivity contribution is 0.720. The predicted molar refractivity (Wildman–Crippen MR) is 103 cm³/mol. The Labute approximate surface area is 147 Å². The SMILES string of the molecule is C#CCN1CCCc2cccc(C(S)c3nc4ccccc4[nH]3)c21. The lowest BCUT2D eigenvalue weighted by Gasteiger charge is -2.33. The van der Waals surface area contributed by atoms with Crippen LogP contribution >= 0.6 is 12.6 Å². The molecule has 0 spiro atoms. The number of aromatic nitrogens is 2. The average Bonchev–Trinajstić information content (AvgIpc) is 3.05. The number of benzene rings is 2. The molecule has 1 unspecified atom stereocenters. The number of nitrogens with zero attached hydrogens (tertiary/aromatic N) is 2. The minimum Gasteiger partial charge on any atom is -0.360 e. The van der Waals surface area contributed by atoms with Gasteiger partial charge in [-0.15, -0.1) is 6.42 Å². The number of hydrogen-bond acceptors (Lipinski definition) is 3. The zero-order valence-electron chi connectivity index (χ0n) is 13.4. The Morgan fingerprint density at radius 3 is 2.96 bits per heavy atom. The third-order valence-electron chi connectivity index (χ3n) is 4.58. The van der Waals surface area contributed by atoms with Crippen LogP contribution in [0, 0.1) is 12.3 Å². The zero-order valence-corrected chi connectivity index (χ0v) is 14.3. The van der Waals surface area contributed by atoms with Crippen molar-refractivity contribution in [3.05, 3.63) is 59.4 Å². The van der Waals surface area contributed by atoms with Gasteiger partial charge in [0.1, 0.15) is 5.82 Å². The number of rotatable bonds is 3. The second kappa shape index (κ2) is 6.26. The Balaban J connectivity index is 1.80. The molecule has 1 atom stereocenters. The maximum absolute atomic E-state index is 5.58. The highest BCUT2D eigenvalue weighted by Crippen LogP contribution is 2.39. The first-order valence-electron chi connectivity index (χ1n) is 8.21. The smallest absolute Gasteiger partial charge is 0.124 e. The van der Waals surface area contributed by atoms with Crippen molar-refractivity contribution in [2.24, 2.45) is 0 Å². The van der Waals surface area contributed by atoms with Gasteiger partial charge in [-0.05, 0) is 36.1 Å². The number of aryl methyl sites for hydroxylation is 1. The van der Waals surface area contributed by atoms with Gasteiger partial charge in [0.25, 0.3) is 0 Å². The third kappa shape index (κ3) is 2.55. The fourth-order valence-corrected chi connectivity index (χ4v) is 3.84. The van der Waals surface area contributed by atoms with Gasteiger partial charge in [0.2, 0.25) is 0 Å². The van der Waals surface area contributed by atoms with E-state index >= 15 is 0 Å². The van der Waals surface area contributed by atoms with Gasteiger partial charge < -0.3 is 9.88 Å². The Morgan fingerprint density at radius 2 is 2.12 bits per heavy atom. The summed E-state index contributed by atoms with van der Waals surface area (Å²) in [7, 11) is 0. The first-order chi connectivity index (χ1) is 11.8. The maximum atomic E-state index is 5.58. The number of anilines is 1. The summed E-state index contributed by atoms with van der Waals surface area (Å²) >= 11 is 4.89. The van der Waals surface area contributed by atoms with Gasteiger partial charge in [-0.1, -0.05) is 36.3 Å². The Kier molecular flexibility index (Phi) is 3.95. The summed E-state index contributed by atoms with van der Waals surface area (Å²) in [4.78, 5) is 10.4. The van der Waals surface area contributed by atoms with Gasteiger partial charge in [0.15, 0.2) is 0 Å². The van der Waals surface area contributed by atoms with Crippen LogP contribution in [-0.2, 0) is 6.42 Å². The summed E-state index contributed by atoms with van der Waals surface area (Å²) in [5.41, 5.74) is 5.77. The van der Waals surface area contributed by atoms with E-state index in [9.17, 15) is 0 Å². The fraction of sp³-hybridized carbons (Fsp3) is 0.250. The highest BCUT2D eigenvalue weighted by molar-refractivity contribution is 7.80. The number of imidazole rings is 1. The van der Waals surface area contributed by atoms with Crippen molar-refractivity contribution in [3.8, 4) is 12.3 Å². The maximum Gasteiger partial charge on any atom is 0.124 e. The molecule has 0 saturated heterocycles. The van der Waals surface area contributed by atoms with E-state index in [1.807, 2.05) is 24.3 Å². The lowest BCUT2D eigenvalue weighted by Crippen LogP contribution is -2.31. The van der Waals surface area contributed by atoms with Crippen LogP contribution < -0.4 is 4.90 Å². The summed E-state index contributed by atoms with van der Waals surface area (Å²) in [5.74, 6) is 3.66. The van der Waals surface area contributed by atoms with Gasteiger partial charge in [-0.25, -0.2) is 4.98 Å². The van der Waals surface area contributed by atoms with Gasteiger partial charge in [-0.3, -0.25) is 0 Å². The van der Waals surface area contributed by atoms with Gasteiger partial charge in [0.05, 0.1) is 22.8 Å². The number of hydrogen-bond donors (Lipinski definition) is 2. The van der Waals surface area contributed by atoms with E-state index in [4.69, 9.17) is 24.0 Å². The summed E-state index contributed by atoms with van der Waals surface area (Å²) in [6, 6.07) is 14.5. The molecule has 0 radical (unpaired) electrons. The topological polar surface area (TPSA) is 31.9 Å². The number of nitrogens with one attached hydrogen (secondary N) is 1. The van der Waals surface area contributed by atoms with E-state index in [0.717, 1.165) is 36.2 Å². The first-order valence-corrected chi connectivity index (χ1v) is 8.72. The van der Waals surface area contributed by atoms with Crippen molar-refractivity contribution in [3.63, 3.8) is 0 Å². The summed E-state index contributed by atoms with van der Waals surface area (Å²) < 4.78 is 0. The van der Waals surface area contributed by atoms with Gasteiger partial charge in [-0.2, -0.15) is 12.6 Å². The van der Waals surface area contributed by atoms with Crippen LogP contribution in [0.4, 0.5) is 5.69 Å². The van der Waals surface area contributed by atoms with Crippen LogP contribution in [0.5, 0.6) is 0 Å². The van der Waals surface area contributed by atoms with Crippen LogP contribution in [0.1, 0.15) is 28.6 Å². The molecule has 3 nitrogen and oxygen atoms in total. The van der Waals surface area contributed by atoms with E-state index < -0.39 is 0 Å². The van der Waals surface area contributed by atoms with Crippen molar-refractivity contribution in [1.29, 1.82) is 0 Å². The van der Waals surface area contributed by atoms with Crippen molar-refractivity contribution in [1.82, 2.24) is 9.97 Å². The molecule has 0 saturated carbocycles. The van der Waals surface area contributed by atoms with Crippen LogP contribution in [0.15, 0.2) is 42.5 Å². The van der Waals surface area contributed by atoms with E-state index in [1.165, 1.54) is 16.8 Å². The molecule has 4 rings (SSSR count). The zero-order chi connectivity index (χ0) is 16.5. The number of thiol groups is 1. The van der Waals surface area contributed by atoms with E-state index in [0.29, 0.717) is 6.54 Å². The molecule has 2 heterocycles. The average molecular weight is 333 g/mol. The molecule has 1 aliphatic heterocycles. The molecule has 120 valence electrons. The number of terminal acetylenes is 1. The summed E-state index contributed by atoms with van der Waals surface area (Å²) in [5, 5.41) is -0.106. The number of aromatic amines is 1. The molecule has 0 aliphatic carbocycles. The van der Waals surface area contributed by atoms with Crippen molar-refractivity contribution < 1.29 is 0 Å². The van der Waals surface area contributed by atoms with Gasteiger partial charge in [0, 0.05) is 12.2 Å². The quantitative estimate of drug-likeness (QED) is 0.561. The molecule has 0 bridgehead atoms. The van der Waals surface area contributed by atoms with E-state index in [2.05, 4.69) is 34.0 Å². The molecule has 1 N–H and O–H groups in total. The molecular weight excluding hydrogens is 314 g/mol. The molecule has 1 aliphatic rings. The second-order valence-corrected chi connectivity index (χ2v) is 6.64. The molecule has 0 amide bonds. The number of fused-ring (bicyclic) bond motifs is 2. The molecule has 1 aromatic heterocycles. The first kappa shape index (κ1) is 15.2. The molecule has 3 aromatic rings. The van der Waals surface area contributed by atoms with Crippen LogP contribution in [0.25, 0.3) is 11.0 Å². The van der Waals surface area contributed by atoms with Crippen LogP contribution in [-0.4, -0.2) is 23.1 Å². The molecular formula is C20H19N3S. The van der Waals surface area contributed by atoms with E-state index in [1.54, 1.807) is 0 Å². The standard InChI is InChI=1S/C20H19N3S/c1-2-12-23-13-6-8-14-7-5-9-15(18(14)23)19(24)20-21-16-10-3-4-11-17(16)22-20/h1,3-5,7,9-11,19,24H,6,8,12-13H2,(H,21,22). The monoisotopic (exact) mass is 333 g/mol. The minimum absolute atomic E-state index is 0.106. The fourth-order valence-electron chi connectivity index (χ4n) is 3.51. The van der Waals surface area contributed by atoms with Crippen molar-refractivity contribution >= 4 is 29.3 Å². The third-order valence-corrected chi connectivity index (χ3v) is 5.11. The Bertz CT molecular complexity index is 889. The predicted octanol–water partition coefficient (Wildman–Crippen LogP) is 3.97. The number of H-pyrrole nitrogens is 1. The van der Waals surface area contributed by atoms with Gasteiger partial charge >= 0.3 is 0 Å². The molecule has 0 fully saturated rings. The van der Waals surface area contributed by atoms with Crippen molar-refractivity contribution in [2.75, 3.05) is 18.0 Å². The molecule has 2 aromatic carbocycles. The highest BCUT2D eigenvalue weighted by atomic mass is 32.1. The number of para-hydroxylation sites is 3. The highest BCUT2D eigenvalue weighted by Gasteiger charge is 2.24. The largest absolute Gasteiger partial charge is 0.360 e. The summed E-state index contributed by atoms with van der Waals surface area (Å²) in [6.45, 7) is 1.62. The normalized spacial score (nSPS) is 15.1. The Hall–Kier alpha value is -2.38. The lowest BCUT2D eigenvalue weighted by atomic mass is 9.95.